The molecule has 0 radical (unpaired) electrons. The summed E-state index contributed by atoms with van der Waals surface area (Å²) in [6.45, 7) is 4.04. The molecule has 0 aromatic heterocycles. The molecule has 0 aromatic rings. The Hall–Kier alpha value is -1.58. The van der Waals surface area contributed by atoms with Gasteiger partial charge >= 0.3 is 5.97 Å². The van der Waals surface area contributed by atoms with E-state index in [0.717, 1.165) is 12.8 Å². The monoisotopic (exact) mass is 237 g/mol. The molecule has 1 aliphatic rings. The van der Waals surface area contributed by atoms with E-state index in [0.29, 0.717) is 6.61 Å². The first-order valence-corrected chi connectivity index (χ1v) is 5.94. The van der Waals surface area contributed by atoms with Crippen LogP contribution >= 0.6 is 0 Å². The summed E-state index contributed by atoms with van der Waals surface area (Å²) in [5.74, 6) is -0.467. The number of nitrogens with zero attached hydrogens (tertiary/aromatic N) is 1. The van der Waals surface area contributed by atoms with E-state index >= 15 is 0 Å². The number of hydrogen-bond donors (Lipinski definition) is 0. The van der Waals surface area contributed by atoms with Gasteiger partial charge in [0.25, 0.3) is 0 Å². The van der Waals surface area contributed by atoms with E-state index in [-0.39, 0.29) is 24.5 Å². The molecule has 0 N–H and O–H groups in total. The number of rotatable bonds is 6. The fourth-order valence-corrected chi connectivity index (χ4v) is 1.46. The number of esters is 1. The molecule has 1 amide bonds. The Bertz CT molecular complexity index is 330. The van der Waals surface area contributed by atoms with Crippen LogP contribution in [0.3, 0.4) is 0 Å². The van der Waals surface area contributed by atoms with Crippen LogP contribution in [-0.2, 0) is 14.3 Å². The van der Waals surface area contributed by atoms with Crippen LogP contribution in [-0.4, -0.2) is 36.0 Å². The molecule has 0 saturated heterocycles. The third kappa shape index (κ3) is 4.85. The predicted molar refractivity (Wildman–Crippen MR) is 65.3 cm³/mol. The zero-order valence-electron chi connectivity index (χ0n) is 10.4. The zero-order chi connectivity index (χ0) is 12.7. The zero-order valence-corrected chi connectivity index (χ0v) is 10.4. The van der Waals surface area contributed by atoms with Crippen LogP contribution in [0.15, 0.2) is 24.3 Å². The van der Waals surface area contributed by atoms with Crippen molar-refractivity contribution in [2.45, 2.75) is 32.7 Å². The van der Waals surface area contributed by atoms with Gasteiger partial charge in [0.2, 0.25) is 5.91 Å². The lowest BCUT2D eigenvalue weighted by Gasteiger charge is -2.19. The number of amides is 1. The lowest BCUT2D eigenvalue weighted by molar-refractivity contribution is -0.148. The van der Waals surface area contributed by atoms with Crippen molar-refractivity contribution in [1.29, 1.82) is 0 Å². The molecule has 4 heteroatoms. The van der Waals surface area contributed by atoms with Crippen LogP contribution in [0.1, 0.15) is 26.7 Å². The Morgan fingerprint density at radius 2 is 2.06 bits per heavy atom. The topological polar surface area (TPSA) is 46.6 Å². The van der Waals surface area contributed by atoms with E-state index < -0.39 is 0 Å². The van der Waals surface area contributed by atoms with Gasteiger partial charge in [-0.2, -0.15) is 0 Å². The fraction of sp³-hybridized carbons (Fsp3) is 0.538. The standard InChI is InChI=1S/C13H19NO3/c1-3-5-6-7-12(15)14(11-8-9-11)10-13(16)17-4-2/h3,5-7,11H,4,8-10H2,1-2H3. The number of ether oxygens (including phenoxy) is 1. The highest BCUT2D eigenvalue weighted by atomic mass is 16.5. The lowest BCUT2D eigenvalue weighted by Crippen LogP contribution is -2.37. The van der Waals surface area contributed by atoms with Gasteiger partial charge in [-0.05, 0) is 26.7 Å². The first kappa shape index (κ1) is 13.5. The minimum atomic E-state index is -0.341. The number of carbonyl (C=O) groups is 2. The van der Waals surface area contributed by atoms with Gasteiger partial charge in [-0.1, -0.05) is 18.2 Å². The molecule has 0 heterocycles. The second-order valence-corrected chi connectivity index (χ2v) is 3.89. The summed E-state index contributed by atoms with van der Waals surface area (Å²) in [4.78, 5) is 24.8. The molecule has 0 aliphatic heterocycles. The van der Waals surface area contributed by atoms with Gasteiger partial charge < -0.3 is 9.64 Å². The van der Waals surface area contributed by atoms with Crippen molar-refractivity contribution in [3.05, 3.63) is 24.3 Å². The Morgan fingerprint density at radius 3 is 2.59 bits per heavy atom. The molecule has 1 fully saturated rings. The molecule has 0 unspecified atom stereocenters. The molecule has 17 heavy (non-hydrogen) atoms. The third-order valence-corrected chi connectivity index (χ3v) is 2.42. The maximum absolute atomic E-state index is 11.8. The average Bonchev–Trinajstić information content (AvgIpc) is 3.10. The van der Waals surface area contributed by atoms with Gasteiger partial charge in [0, 0.05) is 12.1 Å². The van der Waals surface area contributed by atoms with E-state index in [1.165, 1.54) is 6.08 Å². The highest BCUT2D eigenvalue weighted by Gasteiger charge is 2.33. The fourth-order valence-electron chi connectivity index (χ4n) is 1.46. The van der Waals surface area contributed by atoms with Crippen LogP contribution in [0.25, 0.3) is 0 Å². The number of carbonyl (C=O) groups excluding carboxylic acids is 2. The molecule has 0 spiro atoms. The highest BCUT2D eigenvalue weighted by molar-refractivity contribution is 5.91. The quantitative estimate of drug-likeness (QED) is 0.401. The molecule has 1 rings (SSSR count). The summed E-state index contributed by atoms with van der Waals surface area (Å²) in [5, 5.41) is 0. The third-order valence-electron chi connectivity index (χ3n) is 2.42. The van der Waals surface area contributed by atoms with Crippen LogP contribution in [0.4, 0.5) is 0 Å². The first-order chi connectivity index (χ1) is 8.19. The van der Waals surface area contributed by atoms with Crippen LogP contribution in [0.5, 0.6) is 0 Å². The van der Waals surface area contributed by atoms with Crippen LogP contribution in [0.2, 0.25) is 0 Å². The van der Waals surface area contributed by atoms with Crippen molar-refractivity contribution >= 4 is 11.9 Å². The average molecular weight is 237 g/mol. The molecular formula is C13H19NO3. The maximum atomic E-state index is 11.8. The van der Waals surface area contributed by atoms with Crippen molar-refractivity contribution < 1.29 is 14.3 Å². The van der Waals surface area contributed by atoms with E-state index in [4.69, 9.17) is 4.74 Å². The Kier molecular flexibility index (Phi) is 5.46. The van der Waals surface area contributed by atoms with Gasteiger partial charge in [0.1, 0.15) is 6.54 Å². The maximum Gasteiger partial charge on any atom is 0.325 e. The second kappa shape index (κ2) is 6.89. The molecule has 0 atom stereocenters. The van der Waals surface area contributed by atoms with Gasteiger partial charge in [-0.25, -0.2) is 0 Å². The van der Waals surface area contributed by atoms with Crippen molar-refractivity contribution in [3.8, 4) is 0 Å². The summed E-state index contributed by atoms with van der Waals surface area (Å²) in [6, 6.07) is 0.210. The summed E-state index contributed by atoms with van der Waals surface area (Å²) in [6.07, 6.45) is 8.75. The Labute approximate surface area is 102 Å². The Morgan fingerprint density at radius 1 is 1.35 bits per heavy atom. The molecule has 94 valence electrons. The molecule has 1 aliphatic carbocycles. The molecule has 0 bridgehead atoms. The van der Waals surface area contributed by atoms with Crippen LogP contribution in [0, 0.1) is 0 Å². The van der Waals surface area contributed by atoms with Crippen molar-refractivity contribution in [1.82, 2.24) is 4.90 Å². The minimum absolute atomic E-state index is 0.0531. The van der Waals surface area contributed by atoms with E-state index in [2.05, 4.69) is 0 Å². The smallest absolute Gasteiger partial charge is 0.325 e. The molecule has 4 nitrogen and oxygen atoms in total. The van der Waals surface area contributed by atoms with E-state index in [9.17, 15) is 9.59 Å². The lowest BCUT2D eigenvalue weighted by atomic mass is 10.3. The molecule has 1 saturated carbocycles. The number of hydrogen-bond acceptors (Lipinski definition) is 3. The second-order valence-electron chi connectivity index (χ2n) is 3.89. The summed E-state index contributed by atoms with van der Waals surface area (Å²) >= 11 is 0. The SMILES string of the molecule is CC=CC=CC(=O)N(CC(=O)OCC)C1CC1. The van der Waals surface area contributed by atoms with Crippen molar-refractivity contribution in [2.75, 3.05) is 13.2 Å². The van der Waals surface area contributed by atoms with Gasteiger partial charge in [0.05, 0.1) is 6.61 Å². The van der Waals surface area contributed by atoms with Gasteiger partial charge in [-0.15, -0.1) is 0 Å². The van der Waals surface area contributed by atoms with E-state index in [1.807, 2.05) is 13.0 Å². The van der Waals surface area contributed by atoms with Crippen molar-refractivity contribution in [3.63, 3.8) is 0 Å². The van der Waals surface area contributed by atoms with E-state index in [1.54, 1.807) is 24.0 Å². The predicted octanol–water partition coefficient (Wildman–Crippen LogP) is 1.67. The first-order valence-electron chi connectivity index (χ1n) is 5.94. The highest BCUT2D eigenvalue weighted by Crippen LogP contribution is 2.26. The summed E-state index contributed by atoms with van der Waals surface area (Å²) in [5.41, 5.74) is 0. The van der Waals surface area contributed by atoms with Crippen LogP contribution < -0.4 is 0 Å². The molecule has 0 aromatic carbocycles. The summed E-state index contributed by atoms with van der Waals surface area (Å²) in [7, 11) is 0. The number of allylic oxidation sites excluding steroid dienone is 3. The molecular weight excluding hydrogens is 218 g/mol. The Balaban J connectivity index is 2.53. The largest absolute Gasteiger partial charge is 0.465 e. The van der Waals surface area contributed by atoms with Gasteiger partial charge in [0.15, 0.2) is 0 Å². The summed E-state index contributed by atoms with van der Waals surface area (Å²) < 4.78 is 4.86. The minimum Gasteiger partial charge on any atom is -0.465 e. The normalized spacial score (nSPS) is 15.4. The van der Waals surface area contributed by atoms with Crippen molar-refractivity contribution in [2.24, 2.45) is 0 Å². The van der Waals surface area contributed by atoms with Gasteiger partial charge in [-0.3, -0.25) is 9.59 Å².